The first-order valence-electron chi connectivity index (χ1n) is 6.17. The van der Waals surface area contributed by atoms with Gasteiger partial charge in [0.25, 0.3) is 0 Å². The van der Waals surface area contributed by atoms with Gasteiger partial charge in [-0.05, 0) is 45.5 Å². The third kappa shape index (κ3) is 5.18. The second-order valence-corrected chi connectivity index (χ2v) is 5.19. The Morgan fingerprint density at radius 3 is 2.53 bits per heavy atom. The number of rotatable bonds is 4. The van der Waals surface area contributed by atoms with Crippen LogP contribution in [-0.4, -0.2) is 25.9 Å². The minimum absolute atomic E-state index is 0.493. The van der Waals surface area contributed by atoms with E-state index in [1.54, 1.807) is 7.11 Å². The highest BCUT2D eigenvalue weighted by Crippen LogP contribution is 2.26. The molecule has 1 amide bonds. The number of benzene rings is 1. The molecule has 5 nitrogen and oxygen atoms in total. The molecule has 0 atom stereocenters. The highest BCUT2D eigenvalue weighted by Gasteiger charge is 2.17. The summed E-state index contributed by atoms with van der Waals surface area (Å²) in [7, 11) is 3.43. The maximum Gasteiger partial charge on any atom is 0.412 e. The van der Waals surface area contributed by atoms with E-state index in [1.165, 1.54) is 0 Å². The summed E-state index contributed by atoms with van der Waals surface area (Å²) in [6, 6.07) is 5.62. The number of ether oxygens (including phenoxy) is 2. The summed E-state index contributed by atoms with van der Waals surface area (Å²) in [4.78, 5) is 11.8. The molecular weight excluding hydrogens is 244 g/mol. The largest absolute Gasteiger partial charge is 0.495 e. The molecule has 0 aromatic heterocycles. The van der Waals surface area contributed by atoms with Crippen molar-refractivity contribution in [3.8, 4) is 5.75 Å². The van der Waals surface area contributed by atoms with Crippen molar-refractivity contribution < 1.29 is 14.3 Å². The van der Waals surface area contributed by atoms with Crippen LogP contribution in [0.15, 0.2) is 18.2 Å². The quantitative estimate of drug-likeness (QED) is 0.879. The van der Waals surface area contributed by atoms with Crippen molar-refractivity contribution in [1.82, 2.24) is 5.32 Å². The van der Waals surface area contributed by atoms with Gasteiger partial charge in [-0.2, -0.15) is 0 Å². The smallest absolute Gasteiger partial charge is 0.412 e. The standard InChI is InChI=1S/C14H22N2O3/c1-14(2,3)19-13(17)16-11-8-10(9-15-4)6-7-12(11)18-5/h6-8,15H,9H2,1-5H3,(H,16,17). The minimum atomic E-state index is -0.528. The molecule has 0 radical (unpaired) electrons. The van der Waals surface area contributed by atoms with Gasteiger partial charge in [0.1, 0.15) is 11.4 Å². The lowest BCUT2D eigenvalue weighted by Crippen LogP contribution is -2.27. The average molecular weight is 266 g/mol. The van der Waals surface area contributed by atoms with E-state index in [4.69, 9.17) is 9.47 Å². The van der Waals surface area contributed by atoms with Gasteiger partial charge in [-0.15, -0.1) is 0 Å². The van der Waals surface area contributed by atoms with E-state index in [0.29, 0.717) is 18.0 Å². The van der Waals surface area contributed by atoms with Crippen molar-refractivity contribution in [2.75, 3.05) is 19.5 Å². The van der Waals surface area contributed by atoms with Gasteiger partial charge in [0.15, 0.2) is 0 Å². The first kappa shape index (κ1) is 15.3. The molecule has 1 aromatic rings. The van der Waals surface area contributed by atoms with E-state index in [2.05, 4.69) is 10.6 Å². The van der Waals surface area contributed by atoms with E-state index in [-0.39, 0.29) is 0 Å². The molecule has 0 unspecified atom stereocenters. The summed E-state index contributed by atoms with van der Waals surface area (Å²) < 4.78 is 10.4. The van der Waals surface area contributed by atoms with Gasteiger partial charge in [0.05, 0.1) is 12.8 Å². The summed E-state index contributed by atoms with van der Waals surface area (Å²) in [5, 5.41) is 5.76. The van der Waals surface area contributed by atoms with Crippen LogP contribution in [0.2, 0.25) is 0 Å². The van der Waals surface area contributed by atoms with Gasteiger partial charge in [0, 0.05) is 6.54 Å². The van der Waals surface area contributed by atoms with E-state index in [0.717, 1.165) is 5.56 Å². The Morgan fingerprint density at radius 1 is 1.32 bits per heavy atom. The molecule has 0 aliphatic carbocycles. The second kappa shape index (κ2) is 6.43. The maximum atomic E-state index is 11.8. The van der Waals surface area contributed by atoms with E-state index in [1.807, 2.05) is 46.0 Å². The zero-order chi connectivity index (χ0) is 14.5. The number of nitrogens with one attached hydrogen (secondary N) is 2. The third-order valence-corrected chi connectivity index (χ3v) is 2.28. The predicted molar refractivity (Wildman–Crippen MR) is 75.6 cm³/mol. The molecule has 106 valence electrons. The predicted octanol–water partition coefficient (Wildman–Crippen LogP) is 2.76. The molecule has 0 heterocycles. The number of amides is 1. The Bertz CT molecular complexity index is 439. The van der Waals surface area contributed by atoms with E-state index in [9.17, 15) is 4.79 Å². The lowest BCUT2D eigenvalue weighted by atomic mass is 10.2. The number of carbonyl (C=O) groups is 1. The molecule has 1 aromatic carbocycles. The van der Waals surface area contributed by atoms with Gasteiger partial charge in [0.2, 0.25) is 0 Å². The summed E-state index contributed by atoms with van der Waals surface area (Å²) in [5.74, 6) is 0.603. The number of anilines is 1. The SMILES string of the molecule is CNCc1ccc(OC)c(NC(=O)OC(C)(C)C)c1. The number of hydrogen-bond acceptors (Lipinski definition) is 4. The number of carbonyl (C=O) groups excluding carboxylic acids is 1. The van der Waals surface area contributed by atoms with Crippen LogP contribution in [0.1, 0.15) is 26.3 Å². The lowest BCUT2D eigenvalue weighted by molar-refractivity contribution is 0.0635. The molecule has 0 aliphatic rings. The second-order valence-electron chi connectivity index (χ2n) is 5.19. The molecule has 0 saturated heterocycles. The van der Waals surface area contributed by atoms with E-state index >= 15 is 0 Å². The molecule has 0 spiro atoms. The molecule has 2 N–H and O–H groups in total. The number of hydrogen-bond donors (Lipinski definition) is 2. The molecule has 0 saturated carbocycles. The topological polar surface area (TPSA) is 59.6 Å². The zero-order valence-corrected chi connectivity index (χ0v) is 12.2. The Labute approximate surface area is 114 Å². The summed E-state index contributed by atoms with van der Waals surface area (Å²) in [6.07, 6.45) is -0.493. The summed E-state index contributed by atoms with van der Waals surface area (Å²) in [6.45, 7) is 6.18. The average Bonchev–Trinajstić information content (AvgIpc) is 2.27. The maximum absolute atomic E-state index is 11.8. The summed E-state index contributed by atoms with van der Waals surface area (Å²) in [5.41, 5.74) is 1.12. The molecule has 0 aliphatic heterocycles. The molecule has 0 fully saturated rings. The van der Waals surface area contributed by atoms with Crippen molar-refractivity contribution in [1.29, 1.82) is 0 Å². The molecule has 19 heavy (non-hydrogen) atoms. The fourth-order valence-corrected chi connectivity index (χ4v) is 1.58. The van der Waals surface area contributed by atoms with Gasteiger partial charge in [-0.3, -0.25) is 5.32 Å². The zero-order valence-electron chi connectivity index (χ0n) is 12.2. The third-order valence-electron chi connectivity index (χ3n) is 2.28. The van der Waals surface area contributed by atoms with Crippen molar-refractivity contribution in [2.24, 2.45) is 0 Å². The first-order valence-corrected chi connectivity index (χ1v) is 6.17. The monoisotopic (exact) mass is 266 g/mol. The van der Waals surface area contributed by atoms with Crippen molar-refractivity contribution >= 4 is 11.8 Å². The highest BCUT2D eigenvalue weighted by molar-refractivity contribution is 5.87. The Morgan fingerprint density at radius 2 is 2.00 bits per heavy atom. The van der Waals surface area contributed by atoms with Crippen molar-refractivity contribution in [3.05, 3.63) is 23.8 Å². The normalized spacial score (nSPS) is 11.0. The van der Waals surface area contributed by atoms with Crippen molar-refractivity contribution in [2.45, 2.75) is 32.9 Å². The van der Waals surface area contributed by atoms with Crippen LogP contribution in [0.5, 0.6) is 5.75 Å². The fourth-order valence-electron chi connectivity index (χ4n) is 1.58. The summed E-state index contributed by atoms with van der Waals surface area (Å²) >= 11 is 0. The molecule has 1 rings (SSSR count). The van der Waals surface area contributed by atoms with Gasteiger partial charge < -0.3 is 14.8 Å². The Hall–Kier alpha value is -1.75. The first-order chi connectivity index (χ1) is 8.85. The highest BCUT2D eigenvalue weighted by atomic mass is 16.6. The fraction of sp³-hybridized carbons (Fsp3) is 0.500. The Balaban J connectivity index is 2.85. The molecule has 5 heteroatoms. The lowest BCUT2D eigenvalue weighted by Gasteiger charge is -2.20. The van der Waals surface area contributed by atoms with Crippen LogP contribution in [0.3, 0.4) is 0 Å². The Kier molecular flexibility index (Phi) is 5.18. The molecular formula is C14H22N2O3. The number of methoxy groups -OCH3 is 1. The van der Waals surface area contributed by atoms with Crippen LogP contribution >= 0.6 is 0 Å². The van der Waals surface area contributed by atoms with Gasteiger partial charge in [-0.25, -0.2) is 4.79 Å². The van der Waals surface area contributed by atoms with Crippen LogP contribution in [0, 0.1) is 0 Å². The van der Waals surface area contributed by atoms with Gasteiger partial charge in [-0.1, -0.05) is 6.07 Å². The van der Waals surface area contributed by atoms with Crippen LogP contribution < -0.4 is 15.4 Å². The molecule has 0 bridgehead atoms. The van der Waals surface area contributed by atoms with Crippen LogP contribution in [0.25, 0.3) is 0 Å². The van der Waals surface area contributed by atoms with Crippen LogP contribution in [-0.2, 0) is 11.3 Å². The van der Waals surface area contributed by atoms with Crippen molar-refractivity contribution in [3.63, 3.8) is 0 Å². The minimum Gasteiger partial charge on any atom is -0.495 e. The van der Waals surface area contributed by atoms with E-state index < -0.39 is 11.7 Å². The van der Waals surface area contributed by atoms with Gasteiger partial charge >= 0.3 is 6.09 Å². The van der Waals surface area contributed by atoms with Crippen LogP contribution in [0.4, 0.5) is 10.5 Å².